The van der Waals surface area contributed by atoms with Crippen molar-refractivity contribution in [2.45, 2.75) is 103 Å². The molecule has 292 valence electrons. The summed E-state index contributed by atoms with van der Waals surface area (Å²) < 4.78 is 52.9. The molecule has 0 saturated carbocycles. The van der Waals surface area contributed by atoms with Crippen LogP contribution in [0, 0.1) is 0 Å². The number of nitrogens with zero attached hydrogens (tertiary/aromatic N) is 8. The van der Waals surface area contributed by atoms with Gasteiger partial charge in [0.05, 0.1) is 35.9 Å². The summed E-state index contributed by atoms with van der Waals surface area (Å²) in [6, 6.07) is 1.11. The van der Waals surface area contributed by atoms with E-state index in [9.17, 15) is 18.0 Å². The Balaban J connectivity index is 1.06. The number of fused-ring (bicyclic) bond motifs is 4. The maximum absolute atomic E-state index is 13.2. The molecule has 6 rings (SSSR count). The standard InChI is InChI=1S/C34H54N8O8SSi2/c1-33(2,3)52(7,8)47-17-13-25-11-15-39(35-25)27-19-29-23-37(21-27)31(43)41(29)49-51(45,46)50-42-30-20-28(22-38(24-30)32(42)44)40-16-12-26(36-40)14-18-48-53(9,10)34(4,5)6/h11-12,15-16,19-20,29-30H,13-14,17-18,21-24H2,1-10H3. The van der Waals surface area contributed by atoms with E-state index in [0.29, 0.717) is 37.4 Å². The Morgan fingerprint density at radius 2 is 1.08 bits per heavy atom. The van der Waals surface area contributed by atoms with Crippen molar-refractivity contribution in [2.75, 3.05) is 39.4 Å². The molecule has 4 aliphatic rings. The highest BCUT2D eigenvalue weighted by Gasteiger charge is 2.48. The first-order valence-electron chi connectivity index (χ1n) is 18.1. The number of carbonyl (C=O) groups excluding carboxylic acids is 2. The lowest BCUT2D eigenvalue weighted by Gasteiger charge is -2.36. The molecule has 0 aromatic carbocycles. The molecular weight excluding hydrogens is 737 g/mol. The molecule has 0 N–H and O–H groups in total. The van der Waals surface area contributed by atoms with Gasteiger partial charge in [-0.2, -0.15) is 28.7 Å². The van der Waals surface area contributed by atoms with Gasteiger partial charge in [-0.3, -0.25) is 0 Å². The Morgan fingerprint density at radius 1 is 0.698 bits per heavy atom. The third-order valence-electron chi connectivity index (χ3n) is 11.3. The molecule has 2 atom stereocenters. The largest absolute Gasteiger partial charge is 0.442 e. The van der Waals surface area contributed by atoms with Gasteiger partial charge in [-0.15, -0.1) is 8.57 Å². The van der Waals surface area contributed by atoms with E-state index in [1.807, 2.05) is 24.5 Å². The van der Waals surface area contributed by atoms with Gasteiger partial charge in [0, 0.05) is 51.5 Å². The van der Waals surface area contributed by atoms with Crippen LogP contribution in [-0.2, 0) is 40.7 Å². The van der Waals surface area contributed by atoms with Crippen LogP contribution in [0.4, 0.5) is 9.59 Å². The Bertz CT molecular complexity index is 1770. The number of aromatic nitrogens is 4. The molecule has 0 spiro atoms. The SMILES string of the molecule is CC(C)(C)[Si](C)(C)OCCc1ccn(C2=CC3CN(C2)C(=O)N3OS(=O)(=O)ON2C(=O)N3CC(n4ccc(CCO[Si](C)(C)C(C)(C)C)n4)=CC2C3)n1. The predicted octanol–water partition coefficient (Wildman–Crippen LogP) is 4.94. The number of urea groups is 2. The first-order chi connectivity index (χ1) is 24.5. The summed E-state index contributed by atoms with van der Waals surface area (Å²) in [6.07, 6.45) is 8.43. The molecule has 2 aromatic heterocycles. The van der Waals surface area contributed by atoms with E-state index >= 15 is 0 Å². The highest BCUT2D eigenvalue weighted by molar-refractivity contribution is 7.81. The van der Waals surface area contributed by atoms with Crippen LogP contribution in [0.15, 0.2) is 36.7 Å². The van der Waals surface area contributed by atoms with Crippen molar-refractivity contribution in [1.29, 1.82) is 0 Å². The molecular formula is C34H54N8O8SSi2. The molecule has 0 aliphatic carbocycles. The first-order valence-corrected chi connectivity index (χ1v) is 25.3. The molecule has 4 bridgehead atoms. The molecule has 2 fully saturated rings. The number of hydrogen-bond donors (Lipinski definition) is 0. The van der Waals surface area contributed by atoms with Gasteiger partial charge < -0.3 is 18.7 Å². The van der Waals surface area contributed by atoms with Crippen LogP contribution in [-0.4, -0.2) is 128 Å². The lowest BCUT2D eigenvalue weighted by Crippen LogP contribution is -2.41. The van der Waals surface area contributed by atoms with E-state index in [4.69, 9.17) is 17.4 Å². The van der Waals surface area contributed by atoms with E-state index < -0.39 is 51.2 Å². The van der Waals surface area contributed by atoms with Crippen molar-refractivity contribution in [3.8, 4) is 0 Å². The molecule has 4 aliphatic heterocycles. The topological polar surface area (TPSA) is 154 Å². The van der Waals surface area contributed by atoms with Crippen LogP contribution in [0.25, 0.3) is 11.4 Å². The second-order valence-corrected chi connectivity index (χ2v) is 27.9. The summed E-state index contributed by atoms with van der Waals surface area (Å²) in [7, 11) is -8.65. The van der Waals surface area contributed by atoms with Crippen molar-refractivity contribution in [3.05, 3.63) is 48.1 Å². The van der Waals surface area contributed by atoms with Crippen LogP contribution in [0.5, 0.6) is 0 Å². The maximum atomic E-state index is 13.2. The fourth-order valence-corrected chi connectivity index (χ4v) is 8.87. The van der Waals surface area contributed by atoms with Gasteiger partial charge in [-0.1, -0.05) is 41.5 Å². The Labute approximate surface area is 314 Å². The molecule has 19 heteroatoms. The monoisotopic (exact) mass is 790 g/mol. The molecule has 2 aromatic rings. The smallest absolute Gasteiger partial charge is 0.416 e. The summed E-state index contributed by atoms with van der Waals surface area (Å²) in [5.41, 5.74) is 3.10. The van der Waals surface area contributed by atoms with E-state index in [1.54, 1.807) is 21.5 Å². The average molecular weight is 791 g/mol. The zero-order valence-corrected chi connectivity index (χ0v) is 35.3. The van der Waals surface area contributed by atoms with E-state index in [1.165, 1.54) is 9.80 Å². The minimum Gasteiger partial charge on any atom is -0.416 e. The fourth-order valence-electron chi connectivity index (χ4n) is 6.01. The third-order valence-corrected chi connectivity index (χ3v) is 21.0. The van der Waals surface area contributed by atoms with E-state index in [2.05, 4.69) is 77.9 Å². The van der Waals surface area contributed by atoms with Gasteiger partial charge in [-0.05, 0) is 60.5 Å². The zero-order chi connectivity index (χ0) is 38.7. The van der Waals surface area contributed by atoms with Crippen LogP contribution in [0.2, 0.25) is 36.3 Å². The minimum atomic E-state index is -4.88. The van der Waals surface area contributed by atoms with Crippen molar-refractivity contribution in [3.63, 3.8) is 0 Å². The van der Waals surface area contributed by atoms with Crippen LogP contribution in [0.3, 0.4) is 0 Å². The zero-order valence-electron chi connectivity index (χ0n) is 32.5. The summed E-state index contributed by atoms with van der Waals surface area (Å²) in [4.78, 5) is 29.4. The highest BCUT2D eigenvalue weighted by Crippen LogP contribution is 2.38. The van der Waals surface area contributed by atoms with Gasteiger partial charge in [0.15, 0.2) is 16.6 Å². The minimum absolute atomic E-state index is 0.111. The number of rotatable bonds is 14. The Kier molecular flexibility index (Phi) is 10.4. The number of hydroxylamine groups is 4. The van der Waals surface area contributed by atoms with Crippen LogP contribution in [0.1, 0.15) is 52.9 Å². The van der Waals surface area contributed by atoms with Gasteiger partial charge in [0.1, 0.15) is 12.1 Å². The summed E-state index contributed by atoms with van der Waals surface area (Å²) in [5.74, 6) is 0. The molecule has 2 unspecified atom stereocenters. The predicted molar refractivity (Wildman–Crippen MR) is 203 cm³/mol. The van der Waals surface area contributed by atoms with Gasteiger partial charge in [0.25, 0.3) is 0 Å². The van der Waals surface area contributed by atoms with Gasteiger partial charge in [0.2, 0.25) is 0 Å². The summed E-state index contributed by atoms with van der Waals surface area (Å²) in [6.45, 7) is 24.1. The first kappa shape index (κ1) is 39.4. The van der Waals surface area contributed by atoms with Crippen molar-refractivity contribution in [2.24, 2.45) is 0 Å². The number of hydrogen-bond acceptors (Lipinski definition) is 10. The third kappa shape index (κ3) is 8.35. The molecule has 6 heterocycles. The summed E-state index contributed by atoms with van der Waals surface area (Å²) in [5, 5.41) is 11.1. The Morgan fingerprint density at radius 3 is 1.43 bits per heavy atom. The second kappa shape index (κ2) is 14.1. The number of carbonyl (C=O) groups is 2. The Hall–Kier alpha value is -3.34. The molecule has 53 heavy (non-hydrogen) atoms. The number of amides is 4. The molecule has 4 amide bonds. The quantitative estimate of drug-likeness (QED) is 0.241. The van der Waals surface area contributed by atoms with Crippen molar-refractivity contribution in [1.82, 2.24) is 39.5 Å². The summed E-state index contributed by atoms with van der Waals surface area (Å²) >= 11 is 0. The lowest BCUT2D eigenvalue weighted by atomic mass is 10.2. The van der Waals surface area contributed by atoms with Crippen LogP contribution < -0.4 is 0 Å². The van der Waals surface area contributed by atoms with E-state index in [-0.39, 0.29) is 36.3 Å². The second-order valence-electron chi connectivity index (χ2n) is 17.2. The average Bonchev–Trinajstić information content (AvgIpc) is 3.81. The van der Waals surface area contributed by atoms with E-state index in [0.717, 1.165) is 21.5 Å². The highest BCUT2D eigenvalue weighted by atomic mass is 32.3. The van der Waals surface area contributed by atoms with Gasteiger partial charge >= 0.3 is 22.5 Å². The normalized spacial score (nSPS) is 21.2. The maximum Gasteiger partial charge on any atom is 0.442 e. The lowest BCUT2D eigenvalue weighted by molar-refractivity contribution is -0.0723. The molecule has 16 nitrogen and oxygen atoms in total. The molecule has 2 saturated heterocycles. The fraction of sp³-hybridized carbons (Fsp3) is 0.647. The van der Waals surface area contributed by atoms with Crippen molar-refractivity contribution < 1.29 is 35.4 Å². The van der Waals surface area contributed by atoms with Gasteiger partial charge in [-0.25, -0.2) is 19.0 Å². The molecule has 0 radical (unpaired) electrons. The van der Waals surface area contributed by atoms with Crippen LogP contribution >= 0.6 is 0 Å². The van der Waals surface area contributed by atoms with Crippen molar-refractivity contribution >= 4 is 50.5 Å².